The van der Waals surface area contributed by atoms with Gasteiger partial charge in [0.1, 0.15) is 23.0 Å². The van der Waals surface area contributed by atoms with Crippen LogP contribution in [0.5, 0.6) is 5.75 Å². The third-order valence-electron chi connectivity index (χ3n) is 7.16. The number of nitrogens with zero attached hydrogens (tertiary/aromatic N) is 2. The summed E-state index contributed by atoms with van der Waals surface area (Å²) >= 11 is 1.41. The number of carbonyl (C=O) groups is 2. The molecule has 0 saturated heterocycles. The first-order valence-electron chi connectivity index (χ1n) is 12.6. The second-order valence-electron chi connectivity index (χ2n) is 9.62. The standard InChI is InChI=1S/C30H25FN4O3S/c1-16-3-4-19(28(37)33-24-12-8-17-7-11-21(36)14-23(17)24)13-22(16)25-15-35-27(29(38)32-2)26(34-30(35)39-25)18-5-9-20(31)10-6-18/h3-7,9-11,13-15,24,36H,8,12H2,1-2H3,(H,32,38)(H,33,37). The van der Waals surface area contributed by atoms with E-state index in [9.17, 15) is 19.1 Å². The van der Waals surface area contributed by atoms with Crippen LogP contribution >= 0.6 is 11.3 Å². The van der Waals surface area contributed by atoms with Gasteiger partial charge >= 0.3 is 0 Å². The maximum absolute atomic E-state index is 13.5. The van der Waals surface area contributed by atoms with Crippen LogP contribution in [-0.4, -0.2) is 33.4 Å². The lowest BCUT2D eigenvalue weighted by atomic mass is 10.0. The van der Waals surface area contributed by atoms with Gasteiger partial charge in [-0.25, -0.2) is 9.37 Å². The van der Waals surface area contributed by atoms with Crippen molar-refractivity contribution in [3.63, 3.8) is 0 Å². The van der Waals surface area contributed by atoms with Crippen LogP contribution in [0.3, 0.4) is 0 Å². The van der Waals surface area contributed by atoms with Crippen molar-refractivity contribution in [3.05, 3.63) is 101 Å². The van der Waals surface area contributed by atoms with Gasteiger partial charge in [-0.3, -0.25) is 14.0 Å². The van der Waals surface area contributed by atoms with E-state index in [0.717, 1.165) is 40.0 Å². The van der Waals surface area contributed by atoms with E-state index in [1.807, 2.05) is 31.3 Å². The summed E-state index contributed by atoms with van der Waals surface area (Å²) in [6, 6.07) is 16.6. The van der Waals surface area contributed by atoms with Crippen LogP contribution in [0.1, 0.15) is 50.0 Å². The second-order valence-corrected chi connectivity index (χ2v) is 10.6. The number of halogens is 1. The summed E-state index contributed by atoms with van der Waals surface area (Å²) in [7, 11) is 1.56. The molecule has 2 heterocycles. The van der Waals surface area contributed by atoms with Crippen LogP contribution < -0.4 is 10.6 Å². The van der Waals surface area contributed by atoms with Crippen molar-refractivity contribution in [1.29, 1.82) is 0 Å². The van der Waals surface area contributed by atoms with Crippen LogP contribution in [0.15, 0.2) is 66.9 Å². The summed E-state index contributed by atoms with van der Waals surface area (Å²) < 4.78 is 15.2. The van der Waals surface area contributed by atoms with Crippen LogP contribution in [0.25, 0.3) is 26.7 Å². The van der Waals surface area contributed by atoms with Gasteiger partial charge < -0.3 is 15.7 Å². The van der Waals surface area contributed by atoms with Crippen molar-refractivity contribution >= 4 is 28.1 Å². The lowest BCUT2D eigenvalue weighted by Gasteiger charge is -2.15. The van der Waals surface area contributed by atoms with E-state index in [1.165, 1.54) is 23.5 Å². The van der Waals surface area contributed by atoms with Crippen molar-refractivity contribution in [2.75, 3.05) is 7.05 Å². The highest BCUT2D eigenvalue weighted by Gasteiger charge is 2.26. The highest BCUT2D eigenvalue weighted by Crippen LogP contribution is 2.36. The molecule has 1 unspecified atom stereocenters. The fourth-order valence-electron chi connectivity index (χ4n) is 5.12. The Morgan fingerprint density at radius 3 is 2.64 bits per heavy atom. The minimum atomic E-state index is -0.363. The SMILES string of the molecule is CNC(=O)c1c(-c2ccc(F)cc2)nc2sc(-c3cc(C(=O)NC4CCc5ccc(O)cc54)ccc3C)cn12. The molecule has 3 N–H and O–H groups in total. The number of benzene rings is 3. The molecule has 6 rings (SSSR count). The highest BCUT2D eigenvalue weighted by atomic mass is 32.1. The van der Waals surface area contributed by atoms with E-state index in [2.05, 4.69) is 10.6 Å². The third-order valence-corrected chi connectivity index (χ3v) is 8.18. The van der Waals surface area contributed by atoms with Crippen molar-refractivity contribution in [1.82, 2.24) is 20.0 Å². The molecule has 0 spiro atoms. The maximum atomic E-state index is 13.5. The average Bonchev–Trinajstić information content (AvgIpc) is 3.62. The number of rotatable bonds is 5. The van der Waals surface area contributed by atoms with Crippen molar-refractivity contribution < 1.29 is 19.1 Å². The first-order valence-corrected chi connectivity index (χ1v) is 13.4. The molecule has 7 nitrogen and oxygen atoms in total. The van der Waals surface area contributed by atoms with E-state index in [-0.39, 0.29) is 29.4 Å². The van der Waals surface area contributed by atoms with Gasteiger partial charge in [0, 0.05) is 24.4 Å². The number of imidazole rings is 1. The number of fused-ring (bicyclic) bond motifs is 2. The molecule has 0 fully saturated rings. The number of aromatic hydroxyl groups is 1. The Labute approximate surface area is 228 Å². The molecule has 0 aliphatic heterocycles. The van der Waals surface area contributed by atoms with E-state index in [4.69, 9.17) is 4.98 Å². The minimum absolute atomic E-state index is 0.158. The van der Waals surface area contributed by atoms with E-state index in [0.29, 0.717) is 27.5 Å². The molecule has 3 aromatic carbocycles. The average molecular weight is 541 g/mol. The quantitative estimate of drug-likeness (QED) is 0.268. The molecule has 9 heteroatoms. The zero-order chi connectivity index (χ0) is 27.3. The van der Waals surface area contributed by atoms with E-state index >= 15 is 0 Å². The first-order chi connectivity index (χ1) is 18.8. The fraction of sp³-hybridized carbons (Fsp3) is 0.167. The van der Waals surface area contributed by atoms with Crippen molar-refractivity contribution in [2.45, 2.75) is 25.8 Å². The van der Waals surface area contributed by atoms with E-state index in [1.54, 1.807) is 41.8 Å². The molecular formula is C30H25FN4O3S. The molecule has 0 bridgehead atoms. The molecule has 196 valence electrons. The number of aryl methyl sites for hydroxylation is 2. The Morgan fingerprint density at radius 2 is 1.87 bits per heavy atom. The Kier molecular flexibility index (Phi) is 6.15. The molecule has 1 atom stereocenters. The topological polar surface area (TPSA) is 95.7 Å². The van der Waals surface area contributed by atoms with Gasteiger partial charge in [-0.1, -0.05) is 23.5 Å². The minimum Gasteiger partial charge on any atom is -0.508 e. The maximum Gasteiger partial charge on any atom is 0.270 e. The number of amides is 2. The Balaban J connectivity index is 1.34. The molecule has 1 aliphatic rings. The Hall–Kier alpha value is -4.50. The number of phenolic OH excluding ortho intramolecular Hbond substituents is 1. The van der Waals surface area contributed by atoms with Gasteiger partial charge in [-0.2, -0.15) is 0 Å². The molecular weight excluding hydrogens is 515 g/mol. The number of aromatic nitrogens is 2. The molecule has 2 amide bonds. The molecule has 0 radical (unpaired) electrons. The summed E-state index contributed by atoms with van der Waals surface area (Å²) in [5.74, 6) is -0.672. The zero-order valence-electron chi connectivity index (χ0n) is 21.3. The summed E-state index contributed by atoms with van der Waals surface area (Å²) in [5, 5.41) is 15.7. The lowest BCUT2D eigenvalue weighted by Crippen LogP contribution is -2.27. The monoisotopic (exact) mass is 540 g/mol. The second kappa shape index (κ2) is 9.67. The summed E-state index contributed by atoms with van der Waals surface area (Å²) in [6.45, 7) is 1.97. The predicted molar refractivity (Wildman–Crippen MR) is 149 cm³/mol. The van der Waals surface area contributed by atoms with Crippen LogP contribution in [0.2, 0.25) is 0 Å². The molecule has 5 aromatic rings. The third kappa shape index (κ3) is 4.44. The van der Waals surface area contributed by atoms with Gasteiger partial charge in [0.2, 0.25) is 0 Å². The van der Waals surface area contributed by atoms with Gasteiger partial charge in [-0.05, 0) is 90.6 Å². The molecule has 39 heavy (non-hydrogen) atoms. The van der Waals surface area contributed by atoms with E-state index < -0.39 is 0 Å². The number of hydrogen-bond donors (Lipinski definition) is 3. The molecule has 0 saturated carbocycles. The first kappa shape index (κ1) is 24.8. The number of nitrogens with one attached hydrogen (secondary N) is 2. The Morgan fingerprint density at radius 1 is 1.08 bits per heavy atom. The van der Waals surface area contributed by atoms with Gasteiger partial charge in [0.25, 0.3) is 11.8 Å². The highest BCUT2D eigenvalue weighted by molar-refractivity contribution is 7.20. The number of thiazole rings is 1. The number of phenols is 1. The molecule has 2 aromatic heterocycles. The van der Waals surface area contributed by atoms with Gasteiger partial charge in [-0.15, -0.1) is 0 Å². The smallest absolute Gasteiger partial charge is 0.270 e. The summed E-state index contributed by atoms with van der Waals surface area (Å²) in [6.07, 6.45) is 3.48. The van der Waals surface area contributed by atoms with Crippen LogP contribution in [-0.2, 0) is 6.42 Å². The van der Waals surface area contributed by atoms with Crippen molar-refractivity contribution in [3.8, 4) is 27.4 Å². The fourth-order valence-corrected chi connectivity index (χ4v) is 6.19. The summed E-state index contributed by atoms with van der Waals surface area (Å²) in [5.41, 5.74) is 5.93. The summed E-state index contributed by atoms with van der Waals surface area (Å²) in [4.78, 5) is 32.3. The van der Waals surface area contributed by atoms with Crippen LogP contribution in [0.4, 0.5) is 4.39 Å². The number of carbonyl (C=O) groups excluding carboxylic acids is 2. The van der Waals surface area contributed by atoms with Gasteiger partial charge in [0.05, 0.1) is 10.9 Å². The lowest BCUT2D eigenvalue weighted by molar-refractivity contribution is 0.0934. The number of hydrogen-bond acceptors (Lipinski definition) is 5. The largest absolute Gasteiger partial charge is 0.508 e. The predicted octanol–water partition coefficient (Wildman–Crippen LogP) is 5.66. The van der Waals surface area contributed by atoms with Gasteiger partial charge in [0.15, 0.2) is 4.96 Å². The Bertz CT molecular complexity index is 1760. The van der Waals surface area contributed by atoms with Crippen LogP contribution in [0, 0.1) is 12.7 Å². The van der Waals surface area contributed by atoms with Crippen molar-refractivity contribution in [2.24, 2.45) is 0 Å². The zero-order valence-corrected chi connectivity index (χ0v) is 22.1. The normalized spacial score (nSPS) is 14.4. The molecule has 1 aliphatic carbocycles.